The molecule has 120 valence electrons. The number of aryl methyl sites for hydroxylation is 1. The van der Waals surface area contributed by atoms with Crippen LogP contribution in [0, 0.1) is 11.3 Å². The van der Waals surface area contributed by atoms with Gasteiger partial charge in [-0.1, -0.05) is 18.2 Å². The number of benzene rings is 2. The number of halogens is 1. The zero-order chi connectivity index (χ0) is 16.9. The van der Waals surface area contributed by atoms with E-state index in [2.05, 4.69) is 0 Å². The topological polar surface area (TPSA) is 61.2 Å². The van der Waals surface area contributed by atoms with Gasteiger partial charge in [0.1, 0.15) is 0 Å². The molecular formula is C17H17ClN2O2S. The summed E-state index contributed by atoms with van der Waals surface area (Å²) in [6.45, 7) is 0. The van der Waals surface area contributed by atoms with Gasteiger partial charge in [-0.05, 0) is 48.7 Å². The van der Waals surface area contributed by atoms with E-state index in [4.69, 9.17) is 16.9 Å². The molecule has 0 fully saturated rings. The molecule has 0 saturated carbocycles. The Kier molecular flexibility index (Phi) is 5.64. The average molecular weight is 349 g/mol. The molecule has 6 heteroatoms. The maximum Gasteiger partial charge on any atom is 0.264 e. The summed E-state index contributed by atoms with van der Waals surface area (Å²) in [6.07, 6.45) is 1.68. The molecule has 0 aliphatic rings. The normalized spacial score (nSPS) is 11.0. The van der Waals surface area contributed by atoms with E-state index in [1.807, 2.05) is 6.07 Å². The summed E-state index contributed by atoms with van der Waals surface area (Å²) in [4.78, 5) is 0.219. The maximum absolute atomic E-state index is 12.7. The fourth-order valence-electron chi connectivity index (χ4n) is 2.17. The molecule has 0 bridgehead atoms. The van der Waals surface area contributed by atoms with Crippen LogP contribution in [0.25, 0.3) is 0 Å². The van der Waals surface area contributed by atoms with Gasteiger partial charge in [-0.3, -0.25) is 4.31 Å². The minimum atomic E-state index is -3.66. The molecule has 0 heterocycles. The van der Waals surface area contributed by atoms with Crippen LogP contribution in [0.5, 0.6) is 0 Å². The molecule has 23 heavy (non-hydrogen) atoms. The molecule has 0 aliphatic carbocycles. The van der Waals surface area contributed by atoms with E-state index < -0.39 is 10.0 Å². The lowest BCUT2D eigenvalue weighted by atomic mass is 10.1. The second-order valence-electron chi connectivity index (χ2n) is 5.07. The largest absolute Gasteiger partial charge is 0.269 e. The standard InChI is InChI=1S/C17H17ClN2O2S/c1-20(16-6-2-4-15(12-16)13-19)23(21,22)17-9-7-14(8-10-17)5-3-11-18/h2,4,6-10,12H,3,5,11H2,1H3. The van der Waals surface area contributed by atoms with Crippen LogP contribution in [0.15, 0.2) is 53.4 Å². The lowest BCUT2D eigenvalue weighted by Crippen LogP contribution is -2.26. The summed E-state index contributed by atoms with van der Waals surface area (Å²) in [5.74, 6) is 0.581. The van der Waals surface area contributed by atoms with Crippen molar-refractivity contribution in [2.24, 2.45) is 0 Å². The summed E-state index contributed by atoms with van der Waals surface area (Å²) in [5.41, 5.74) is 1.93. The van der Waals surface area contributed by atoms with Crippen LogP contribution in [-0.2, 0) is 16.4 Å². The number of hydrogen-bond donors (Lipinski definition) is 0. The Hall–Kier alpha value is -2.03. The molecule has 2 aromatic rings. The van der Waals surface area contributed by atoms with Crippen molar-refractivity contribution in [3.63, 3.8) is 0 Å². The lowest BCUT2D eigenvalue weighted by molar-refractivity contribution is 0.594. The van der Waals surface area contributed by atoms with Crippen molar-refractivity contribution in [1.29, 1.82) is 5.26 Å². The van der Waals surface area contributed by atoms with Crippen molar-refractivity contribution >= 4 is 27.3 Å². The molecule has 4 nitrogen and oxygen atoms in total. The summed E-state index contributed by atoms with van der Waals surface area (Å²) in [5, 5.41) is 8.94. The van der Waals surface area contributed by atoms with Gasteiger partial charge < -0.3 is 0 Å². The van der Waals surface area contributed by atoms with Crippen LogP contribution in [-0.4, -0.2) is 21.3 Å². The predicted octanol–water partition coefficient (Wildman–Crippen LogP) is 3.55. The second-order valence-corrected chi connectivity index (χ2v) is 7.42. The first kappa shape index (κ1) is 17.3. The third-order valence-corrected chi connectivity index (χ3v) is 5.59. The molecule has 2 rings (SSSR count). The van der Waals surface area contributed by atoms with Gasteiger partial charge in [0.05, 0.1) is 22.2 Å². The first-order chi connectivity index (χ1) is 11.0. The van der Waals surface area contributed by atoms with Crippen molar-refractivity contribution in [2.45, 2.75) is 17.7 Å². The molecule has 0 amide bonds. The molecule has 0 N–H and O–H groups in total. The van der Waals surface area contributed by atoms with Gasteiger partial charge in [0.25, 0.3) is 10.0 Å². The van der Waals surface area contributed by atoms with Gasteiger partial charge in [0.2, 0.25) is 0 Å². The van der Waals surface area contributed by atoms with E-state index >= 15 is 0 Å². The predicted molar refractivity (Wildman–Crippen MR) is 92.2 cm³/mol. The lowest BCUT2D eigenvalue weighted by Gasteiger charge is -2.19. The molecule has 0 atom stereocenters. The number of nitriles is 1. The smallest absolute Gasteiger partial charge is 0.264 e. The highest BCUT2D eigenvalue weighted by atomic mass is 35.5. The molecule has 0 spiro atoms. The van der Waals surface area contributed by atoms with Crippen LogP contribution >= 0.6 is 11.6 Å². The summed E-state index contributed by atoms with van der Waals surface area (Å²) >= 11 is 5.66. The van der Waals surface area contributed by atoms with E-state index in [9.17, 15) is 8.42 Å². The number of anilines is 1. The highest BCUT2D eigenvalue weighted by Crippen LogP contribution is 2.23. The fraction of sp³-hybridized carbons (Fsp3) is 0.235. The van der Waals surface area contributed by atoms with Crippen molar-refractivity contribution in [3.05, 3.63) is 59.7 Å². The summed E-state index contributed by atoms with van der Waals surface area (Å²) in [7, 11) is -2.18. The van der Waals surface area contributed by atoms with Crippen LogP contribution < -0.4 is 4.31 Å². The van der Waals surface area contributed by atoms with Gasteiger partial charge in [0.15, 0.2) is 0 Å². The number of hydrogen-bond acceptors (Lipinski definition) is 3. The van der Waals surface area contributed by atoms with Crippen molar-refractivity contribution in [3.8, 4) is 6.07 Å². The van der Waals surface area contributed by atoms with Crippen LogP contribution in [0.3, 0.4) is 0 Å². The number of alkyl halides is 1. The Morgan fingerprint density at radius 3 is 2.48 bits per heavy atom. The van der Waals surface area contributed by atoms with Crippen molar-refractivity contribution in [1.82, 2.24) is 0 Å². The van der Waals surface area contributed by atoms with Crippen LogP contribution in [0.1, 0.15) is 17.5 Å². The minimum absolute atomic E-state index is 0.219. The Bertz CT molecular complexity index is 811. The van der Waals surface area contributed by atoms with E-state index in [1.165, 1.54) is 11.4 Å². The third kappa shape index (κ3) is 4.04. The average Bonchev–Trinajstić information content (AvgIpc) is 2.59. The zero-order valence-electron chi connectivity index (χ0n) is 12.7. The molecule has 0 aromatic heterocycles. The summed E-state index contributed by atoms with van der Waals surface area (Å²) < 4.78 is 26.5. The van der Waals surface area contributed by atoms with Gasteiger partial charge in [-0.25, -0.2) is 8.42 Å². The minimum Gasteiger partial charge on any atom is -0.269 e. The van der Waals surface area contributed by atoms with Gasteiger partial charge in [-0.15, -0.1) is 11.6 Å². The Morgan fingerprint density at radius 1 is 1.17 bits per heavy atom. The molecule has 0 saturated heterocycles. The molecule has 0 unspecified atom stereocenters. The van der Waals surface area contributed by atoms with E-state index in [1.54, 1.807) is 48.5 Å². The monoisotopic (exact) mass is 348 g/mol. The van der Waals surface area contributed by atoms with Gasteiger partial charge >= 0.3 is 0 Å². The van der Waals surface area contributed by atoms with E-state index in [0.29, 0.717) is 17.1 Å². The Morgan fingerprint density at radius 2 is 1.87 bits per heavy atom. The van der Waals surface area contributed by atoms with Crippen LogP contribution in [0.2, 0.25) is 0 Å². The molecule has 0 aliphatic heterocycles. The molecule has 0 radical (unpaired) electrons. The zero-order valence-corrected chi connectivity index (χ0v) is 14.3. The first-order valence-corrected chi connectivity index (χ1v) is 9.10. The quantitative estimate of drug-likeness (QED) is 0.750. The molecule has 2 aromatic carbocycles. The maximum atomic E-state index is 12.7. The van der Waals surface area contributed by atoms with Crippen LogP contribution in [0.4, 0.5) is 5.69 Å². The second kappa shape index (κ2) is 7.49. The van der Waals surface area contributed by atoms with Crippen molar-refractivity contribution in [2.75, 3.05) is 17.2 Å². The number of nitrogens with zero attached hydrogens (tertiary/aromatic N) is 2. The number of sulfonamides is 1. The number of rotatable bonds is 6. The third-order valence-electron chi connectivity index (χ3n) is 3.52. The summed E-state index contributed by atoms with van der Waals surface area (Å²) in [6, 6.07) is 15.3. The Balaban J connectivity index is 2.28. The highest BCUT2D eigenvalue weighted by molar-refractivity contribution is 7.92. The SMILES string of the molecule is CN(c1cccc(C#N)c1)S(=O)(=O)c1ccc(CCCCl)cc1. The van der Waals surface area contributed by atoms with E-state index in [-0.39, 0.29) is 4.90 Å². The van der Waals surface area contributed by atoms with Gasteiger partial charge in [-0.2, -0.15) is 5.26 Å². The van der Waals surface area contributed by atoms with E-state index in [0.717, 1.165) is 18.4 Å². The highest BCUT2D eigenvalue weighted by Gasteiger charge is 2.21. The fourth-order valence-corrected chi connectivity index (χ4v) is 3.49. The Labute approximate surface area is 142 Å². The van der Waals surface area contributed by atoms with Crippen molar-refractivity contribution < 1.29 is 8.42 Å². The van der Waals surface area contributed by atoms with Gasteiger partial charge in [0, 0.05) is 12.9 Å². The molecular weight excluding hydrogens is 332 g/mol. The first-order valence-electron chi connectivity index (χ1n) is 7.13.